The highest BCUT2D eigenvalue weighted by Crippen LogP contribution is 2.33. The van der Waals surface area contributed by atoms with Crippen LogP contribution in [0.4, 0.5) is 17.6 Å². The standard InChI is InChI=1S/C9H4ClF4N/c10-7-4-6(9(12,13)14)3-5(1-2-15)8(7)11/h3-4H,1H2. The largest absolute Gasteiger partial charge is 0.416 e. The van der Waals surface area contributed by atoms with Crippen molar-refractivity contribution in [3.63, 3.8) is 0 Å². The zero-order valence-electron chi connectivity index (χ0n) is 7.20. The molecule has 0 bridgehead atoms. The third-order valence-electron chi connectivity index (χ3n) is 1.70. The Labute approximate surface area is 87.9 Å². The lowest BCUT2D eigenvalue weighted by Crippen LogP contribution is -2.07. The minimum Gasteiger partial charge on any atom is -0.205 e. The van der Waals surface area contributed by atoms with E-state index >= 15 is 0 Å². The highest BCUT2D eigenvalue weighted by atomic mass is 35.5. The molecule has 0 fully saturated rings. The Morgan fingerprint density at radius 3 is 2.40 bits per heavy atom. The van der Waals surface area contributed by atoms with Crippen molar-refractivity contribution in [2.45, 2.75) is 12.6 Å². The van der Waals surface area contributed by atoms with Gasteiger partial charge >= 0.3 is 6.18 Å². The van der Waals surface area contributed by atoms with Gasteiger partial charge in [-0.3, -0.25) is 0 Å². The molecule has 0 aliphatic heterocycles. The molecule has 0 radical (unpaired) electrons. The van der Waals surface area contributed by atoms with E-state index in [1.165, 1.54) is 0 Å². The van der Waals surface area contributed by atoms with Gasteiger partial charge in [0.15, 0.2) is 0 Å². The third-order valence-corrected chi connectivity index (χ3v) is 1.98. The molecule has 0 aliphatic rings. The van der Waals surface area contributed by atoms with Gasteiger partial charge in [0, 0.05) is 5.56 Å². The van der Waals surface area contributed by atoms with Gasteiger partial charge in [-0.1, -0.05) is 11.6 Å². The molecule has 0 saturated heterocycles. The normalized spacial score (nSPS) is 11.2. The molecule has 0 aromatic heterocycles. The zero-order chi connectivity index (χ0) is 11.6. The number of rotatable bonds is 1. The van der Waals surface area contributed by atoms with Crippen LogP contribution in [0.5, 0.6) is 0 Å². The van der Waals surface area contributed by atoms with Crippen LogP contribution in [0.25, 0.3) is 0 Å². The number of nitriles is 1. The summed E-state index contributed by atoms with van der Waals surface area (Å²) in [6, 6.07) is 2.65. The second-order valence-electron chi connectivity index (χ2n) is 2.76. The van der Waals surface area contributed by atoms with Gasteiger partial charge in [-0.25, -0.2) is 4.39 Å². The van der Waals surface area contributed by atoms with E-state index < -0.39 is 29.0 Å². The SMILES string of the molecule is N#CCc1cc(C(F)(F)F)cc(Cl)c1F. The van der Waals surface area contributed by atoms with E-state index in [0.29, 0.717) is 12.1 Å². The van der Waals surface area contributed by atoms with Crippen LogP contribution in [0.2, 0.25) is 5.02 Å². The van der Waals surface area contributed by atoms with E-state index in [2.05, 4.69) is 0 Å². The summed E-state index contributed by atoms with van der Waals surface area (Å²) >= 11 is 5.28. The van der Waals surface area contributed by atoms with E-state index in [4.69, 9.17) is 16.9 Å². The van der Waals surface area contributed by atoms with Crippen LogP contribution in [-0.2, 0) is 12.6 Å². The molecule has 1 aromatic rings. The summed E-state index contributed by atoms with van der Waals surface area (Å²) in [7, 11) is 0. The summed E-state index contributed by atoms with van der Waals surface area (Å²) in [6.07, 6.45) is -5.04. The van der Waals surface area contributed by atoms with Crippen molar-refractivity contribution in [3.05, 3.63) is 34.1 Å². The first-order valence-corrected chi connectivity index (χ1v) is 4.16. The van der Waals surface area contributed by atoms with Gasteiger partial charge in [0.05, 0.1) is 23.1 Å². The minimum absolute atomic E-state index is 0.350. The van der Waals surface area contributed by atoms with Gasteiger partial charge < -0.3 is 0 Å². The predicted molar refractivity (Wildman–Crippen MR) is 45.7 cm³/mol. The first-order valence-electron chi connectivity index (χ1n) is 3.78. The summed E-state index contributed by atoms with van der Waals surface area (Å²) in [4.78, 5) is 0. The van der Waals surface area contributed by atoms with Gasteiger partial charge in [0.25, 0.3) is 0 Å². The van der Waals surface area contributed by atoms with Crippen molar-refractivity contribution in [2.75, 3.05) is 0 Å². The van der Waals surface area contributed by atoms with Crippen LogP contribution in [0.15, 0.2) is 12.1 Å². The summed E-state index contributed by atoms with van der Waals surface area (Å²) in [5.41, 5.74) is -1.41. The van der Waals surface area contributed by atoms with E-state index in [1.54, 1.807) is 6.07 Å². The summed E-state index contributed by atoms with van der Waals surface area (Å²) < 4.78 is 49.9. The monoisotopic (exact) mass is 237 g/mol. The average Bonchev–Trinajstić information content (AvgIpc) is 2.11. The third kappa shape index (κ3) is 2.60. The van der Waals surface area contributed by atoms with Crippen molar-refractivity contribution in [1.82, 2.24) is 0 Å². The number of hydrogen-bond acceptors (Lipinski definition) is 1. The summed E-state index contributed by atoms with van der Waals surface area (Å²) in [6.45, 7) is 0. The summed E-state index contributed by atoms with van der Waals surface area (Å²) in [5, 5.41) is 7.66. The molecule has 0 amide bonds. The van der Waals surface area contributed by atoms with Crippen LogP contribution in [0.1, 0.15) is 11.1 Å². The Balaban J connectivity index is 3.31. The molecule has 0 N–H and O–H groups in total. The van der Waals surface area contributed by atoms with Gasteiger partial charge in [0.1, 0.15) is 5.82 Å². The molecule has 0 aliphatic carbocycles. The topological polar surface area (TPSA) is 23.8 Å². The van der Waals surface area contributed by atoms with Crippen LogP contribution >= 0.6 is 11.6 Å². The lowest BCUT2D eigenvalue weighted by atomic mass is 10.1. The fourth-order valence-corrected chi connectivity index (χ4v) is 1.26. The predicted octanol–water partition coefficient (Wildman–Crippen LogP) is 3.56. The maximum absolute atomic E-state index is 13.1. The average molecular weight is 238 g/mol. The highest BCUT2D eigenvalue weighted by Gasteiger charge is 2.32. The fourth-order valence-electron chi connectivity index (χ4n) is 1.02. The highest BCUT2D eigenvalue weighted by molar-refractivity contribution is 6.30. The van der Waals surface area contributed by atoms with Gasteiger partial charge in [0.2, 0.25) is 0 Å². The van der Waals surface area contributed by atoms with Crippen LogP contribution in [0, 0.1) is 17.1 Å². The second kappa shape index (κ2) is 4.07. The number of benzene rings is 1. The van der Waals surface area contributed by atoms with Crippen LogP contribution < -0.4 is 0 Å². The number of hydrogen-bond donors (Lipinski definition) is 0. The minimum atomic E-state index is -4.60. The van der Waals surface area contributed by atoms with Gasteiger partial charge in [-0.2, -0.15) is 18.4 Å². The molecule has 1 rings (SSSR count). The molecule has 15 heavy (non-hydrogen) atoms. The quantitative estimate of drug-likeness (QED) is 0.685. The lowest BCUT2D eigenvalue weighted by molar-refractivity contribution is -0.137. The molecule has 0 atom stereocenters. The Bertz CT molecular complexity index is 419. The molecule has 1 aromatic carbocycles. The molecule has 80 valence electrons. The lowest BCUT2D eigenvalue weighted by Gasteiger charge is -2.09. The van der Waals surface area contributed by atoms with E-state index in [9.17, 15) is 17.6 Å². The van der Waals surface area contributed by atoms with E-state index in [1.807, 2.05) is 0 Å². The number of halogens is 5. The molecule has 0 unspecified atom stereocenters. The van der Waals surface area contributed by atoms with Gasteiger partial charge in [-0.05, 0) is 12.1 Å². The molecule has 1 nitrogen and oxygen atoms in total. The molecule has 0 heterocycles. The Morgan fingerprint density at radius 2 is 1.93 bits per heavy atom. The number of alkyl halides is 3. The second-order valence-corrected chi connectivity index (χ2v) is 3.17. The molecular formula is C9H4ClF4N. The smallest absolute Gasteiger partial charge is 0.205 e. The van der Waals surface area contributed by atoms with Gasteiger partial charge in [-0.15, -0.1) is 0 Å². The van der Waals surface area contributed by atoms with Crippen LogP contribution in [-0.4, -0.2) is 0 Å². The zero-order valence-corrected chi connectivity index (χ0v) is 7.95. The first-order chi connectivity index (χ1) is 6.86. The van der Waals surface area contributed by atoms with Crippen molar-refractivity contribution in [3.8, 4) is 6.07 Å². The Morgan fingerprint density at radius 1 is 1.33 bits per heavy atom. The maximum Gasteiger partial charge on any atom is 0.416 e. The van der Waals surface area contributed by atoms with Crippen LogP contribution in [0.3, 0.4) is 0 Å². The molecule has 0 saturated carbocycles. The van der Waals surface area contributed by atoms with Crippen molar-refractivity contribution in [2.24, 2.45) is 0 Å². The van der Waals surface area contributed by atoms with E-state index in [0.717, 1.165) is 0 Å². The molecule has 0 spiro atoms. The van der Waals surface area contributed by atoms with Crippen molar-refractivity contribution >= 4 is 11.6 Å². The maximum atomic E-state index is 13.1. The first kappa shape index (κ1) is 11.8. The van der Waals surface area contributed by atoms with Crippen molar-refractivity contribution < 1.29 is 17.6 Å². The molecule has 6 heteroatoms. The number of nitrogens with zero attached hydrogens (tertiary/aromatic N) is 1. The summed E-state index contributed by atoms with van der Waals surface area (Å²) in [5.74, 6) is -0.980. The Kier molecular flexibility index (Phi) is 3.20. The van der Waals surface area contributed by atoms with E-state index in [-0.39, 0.29) is 5.56 Å². The van der Waals surface area contributed by atoms with Crippen molar-refractivity contribution in [1.29, 1.82) is 5.26 Å². The fraction of sp³-hybridized carbons (Fsp3) is 0.222. The molecular weight excluding hydrogens is 234 g/mol. The Hall–Kier alpha value is -1.28.